The Labute approximate surface area is 179 Å². The fourth-order valence-corrected chi connectivity index (χ4v) is 7.08. The Kier molecular flexibility index (Phi) is 4.52. The Morgan fingerprint density at radius 3 is 2.97 bits per heavy atom. The number of aryl methyl sites for hydroxylation is 1. The van der Waals surface area contributed by atoms with E-state index in [-0.39, 0.29) is 0 Å². The van der Waals surface area contributed by atoms with Gasteiger partial charge >= 0.3 is 0 Å². The average Bonchev–Trinajstić information content (AvgIpc) is 3.09. The second-order valence-corrected chi connectivity index (χ2v) is 10.1. The van der Waals surface area contributed by atoms with Crippen LogP contribution in [0.1, 0.15) is 44.1 Å². The van der Waals surface area contributed by atoms with Gasteiger partial charge in [0.25, 0.3) is 0 Å². The van der Waals surface area contributed by atoms with Crippen molar-refractivity contribution >= 4 is 16.8 Å². The molecule has 30 heavy (non-hydrogen) atoms. The van der Waals surface area contributed by atoms with Crippen LogP contribution in [0.15, 0.2) is 42.1 Å². The van der Waals surface area contributed by atoms with Crippen LogP contribution in [0.25, 0.3) is 10.9 Å². The minimum atomic E-state index is 0.321. The van der Waals surface area contributed by atoms with Gasteiger partial charge in [-0.3, -0.25) is 9.69 Å². The molecule has 0 N–H and O–H groups in total. The van der Waals surface area contributed by atoms with Crippen LogP contribution in [0.2, 0.25) is 0 Å². The summed E-state index contributed by atoms with van der Waals surface area (Å²) in [5, 5.41) is 1.22. The van der Waals surface area contributed by atoms with E-state index in [2.05, 4.69) is 58.0 Å². The summed E-state index contributed by atoms with van der Waals surface area (Å²) in [4.78, 5) is 18.6. The second-order valence-electron chi connectivity index (χ2n) is 10.1. The fraction of sp³-hybridized carbons (Fsp3) is 0.577. The van der Waals surface area contributed by atoms with Gasteiger partial charge in [-0.1, -0.05) is 36.3 Å². The zero-order valence-electron chi connectivity index (χ0n) is 18.1. The predicted octanol–water partition coefficient (Wildman–Crippen LogP) is 4.14. The van der Waals surface area contributed by atoms with Gasteiger partial charge in [0.2, 0.25) is 5.91 Å². The molecule has 0 radical (unpaired) electrons. The number of rotatable bonds is 2. The van der Waals surface area contributed by atoms with E-state index in [1.165, 1.54) is 61.7 Å². The summed E-state index contributed by atoms with van der Waals surface area (Å²) in [6, 6.07) is 9.57. The molecule has 4 heterocycles. The van der Waals surface area contributed by atoms with Gasteiger partial charge in [0, 0.05) is 43.3 Å². The summed E-state index contributed by atoms with van der Waals surface area (Å²) in [6.07, 6.45) is 13.0. The van der Waals surface area contributed by atoms with Crippen molar-refractivity contribution in [3.05, 3.63) is 47.7 Å². The van der Waals surface area contributed by atoms with Gasteiger partial charge in [0.1, 0.15) is 0 Å². The molecule has 4 nitrogen and oxygen atoms in total. The minimum absolute atomic E-state index is 0.321. The Morgan fingerprint density at radius 2 is 2.03 bits per heavy atom. The molecular formula is C26H33N3O. The number of benzene rings is 1. The van der Waals surface area contributed by atoms with Crippen molar-refractivity contribution in [1.29, 1.82) is 0 Å². The number of piperidine rings is 3. The highest BCUT2D eigenvalue weighted by molar-refractivity contribution is 5.89. The van der Waals surface area contributed by atoms with Gasteiger partial charge < -0.3 is 9.47 Å². The van der Waals surface area contributed by atoms with Gasteiger partial charge in [-0.25, -0.2) is 0 Å². The number of carbonyl (C=O) groups excluding carboxylic acids is 1. The lowest BCUT2D eigenvalue weighted by Crippen LogP contribution is -2.60. The highest BCUT2D eigenvalue weighted by Crippen LogP contribution is 2.45. The van der Waals surface area contributed by atoms with Gasteiger partial charge in [0.15, 0.2) is 0 Å². The monoisotopic (exact) mass is 403 g/mol. The molecule has 1 aromatic heterocycles. The lowest BCUT2D eigenvalue weighted by Gasteiger charge is -2.54. The maximum atomic E-state index is 13.6. The first-order valence-electron chi connectivity index (χ1n) is 12.0. The van der Waals surface area contributed by atoms with E-state index in [0.717, 1.165) is 24.9 Å². The predicted molar refractivity (Wildman–Crippen MR) is 120 cm³/mol. The summed E-state index contributed by atoms with van der Waals surface area (Å²) in [5.41, 5.74) is 3.96. The third kappa shape index (κ3) is 2.95. The number of hydrogen-bond donors (Lipinski definition) is 0. The summed E-state index contributed by atoms with van der Waals surface area (Å²) < 4.78 is 2.16. The highest BCUT2D eigenvalue weighted by Gasteiger charge is 2.46. The number of carbonyl (C=O) groups is 1. The summed E-state index contributed by atoms with van der Waals surface area (Å²) in [5.74, 6) is 1.67. The molecule has 2 bridgehead atoms. The summed E-state index contributed by atoms with van der Waals surface area (Å²) >= 11 is 0. The van der Waals surface area contributed by atoms with Crippen LogP contribution in [0.4, 0.5) is 0 Å². The van der Waals surface area contributed by atoms with E-state index < -0.39 is 0 Å². The Balaban J connectivity index is 1.28. The first-order valence-corrected chi connectivity index (χ1v) is 12.0. The Morgan fingerprint density at radius 1 is 1.13 bits per heavy atom. The van der Waals surface area contributed by atoms with E-state index in [0.29, 0.717) is 24.3 Å². The first kappa shape index (κ1) is 18.7. The quantitative estimate of drug-likeness (QED) is 0.705. The van der Waals surface area contributed by atoms with E-state index in [1.807, 2.05) is 0 Å². The molecule has 1 aromatic carbocycles. The number of nitrogens with zero attached hydrogens (tertiary/aromatic N) is 3. The van der Waals surface area contributed by atoms with Crippen molar-refractivity contribution in [2.45, 2.75) is 57.0 Å². The van der Waals surface area contributed by atoms with Gasteiger partial charge in [-0.2, -0.15) is 0 Å². The fourth-order valence-electron chi connectivity index (χ4n) is 7.08. The molecule has 0 saturated carbocycles. The number of amides is 1. The number of hydrogen-bond acceptors (Lipinski definition) is 2. The number of para-hydroxylation sites is 1. The van der Waals surface area contributed by atoms with Crippen molar-refractivity contribution in [2.75, 3.05) is 19.6 Å². The molecule has 6 rings (SSSR count). The lowest BCUT2D eigenvalue weighted by atomic mass is 9.68. The molecule has 1 aliphatic carbocycles. The number of fused-ring (bicyclic) bond motifs is 7. The average molecular weight is 404 g/mol. The normalized spacial score (nSPS) is 31.2. The number of likely N-dealkylation sites (tertiary alicyclic amines) is 1. The SMILES string of the molecule is Cn1cc(CC(=O)N2CCCC3=C[C@H]4C[C@H](CN5CCCC[C@@H]45)[C@@H]32)c2ccccc21. The molecule has 2 aromatic rings. The van der Waals surface area contributed by atoms with Crippen LogP contribution >= 0.6 is 0 Å². The molecule has 0 unspecified atom stereocenters. The third-order valence-electron chi connectivity index (χ3n) is 8.30. The Hall–Kier alpha value is -2.07. The van der Waals surface area contributed by atoms with Gasteiger partial charge in [-0.05, 0) is 62.1 Å². The van der Waals surface area contributed by atoms with Crippen LogP contribution in [0, 0.1) is 11.8 Å². The van der Waals surface area contributed by atoms with Crippen molar-refractivity contribution in [3.63, 3.8) is 0 Å². The molecule has 158 valence electrons. The van der Waals surface area contributed by atoms with Gasteiger partial charge in [-0.15, -0.1) is 0 Å². The molecule has 1 amide bonds. The molecule has 4 aliphatic rings. The summed E-state index contributed by atoms with van der Waals surface area (Å²) in [6.45, 7) is 3.38. The van der Waals surface area contributed by atoms with Crippen molar-refractivity contribution in [1.82, 2.24) is 14.4 Å². The minimum Gasteiger partial charge on any atom is -0.350 e. The first-order chi connectivity index (χ1) is 14.7. The van der Waals surface area contributed by atoms with Crippen LogP contribution < -0.4 is 0 Å². The maximum absolute atomic E-state index is 13.6. The van der Waals surface area contributed by atoms with Crippen molar-refractivity contribution in [3.8, 4) is 0 Å². The van der Waals surface area contributed by atoms with Crippen LogP contribution in [-0.2, 0) is 18.3 Å². The molecule has 4 atom stereocenters. The van der Waals surface area contributed by atoms with Crippen molar-refractivity contribution < 1.29 is 4.79 Å². The van der Waals surface area contributed by atoms with E-state index >= 15 is 0 Å². The molecule has 3 aliphatic heterocycles. The van der Waals surface area contributed by atoms with Crippen LogP contribution in [0.3, 0.4) is 0 Å². The van der Waals surface area contributed by atoms with Crippen LogP contribution in [-0.4, -0.2) is 52.0 Å². The highest BCUT2D eigenvalue weighted by atomic mass is 16.2. The Bertz CT molecular complexity index is 1000. The largest absolute Gasteiger partial charge is 0.350 e. The smallest absolute Gasteiger partial charge is 0.227 e. The maximum Gasteiger partial charge on any atom is 0.227 e. The molecule has 3 fully saturated rings. The standard InChI is InChI=1S/C26H33N3O/c1-27-16-20(22-8-2-3-10-24(22)27)15-25(30)29-12-6-7-18-13-19-14-21(26(18)29)17-28-11-5-4-9-23(19)28/h2-3,8,10,13,16,19,21,23,26H,4-7,9,11-12,14-15,17H2,1H3/t19-,21+,23-,26+/m0/s1. The third-order valence-corrected chi connectivity index (χ3v) is 8.30. The molecule has 0 spiro atoms. The van der Waals surface area contributed by atoms with Gasteiger partial charge in [0.05, 0.1) is 12.5 Å². The lowest BCUT2D eigenvalue weighted by molar-refractivity contribution is -0.135. The van der Waals surface area contributed by atoms with E-state index in [1.54, 1.807) is 5.57 Å². The topological polar surface area (TPSA) is 28.5 Å². The van der Waals surface area contributed by atoms with E-state index in [9.17, 15) is 4.79 Å². The molecule has 4 heteroatoms. The molecular weight excluding hydrogens is 370 g/mol. The zero-order valence-corrected chi connectivity index (χ0v) is 18.1. The van der Waals surface area contributed by atoms with E-state index in [4.69, 9.17) is 0 Å². The second kappa shape index (κ2) is 7.26. The molecule has 3 saturated heterocycles. The zero-order chi connectivity index (χ0) is 20.2. The van der Waals surface area contributed by atoms with Crippen molar-refractivity contribution in [2.24, 2.45) is 18.9 Å². The number of aromatic nitrogens is 1. The van der Waals surface area contributed by atoms with Crippen LogP contribution in [0.5, 0.6) is 0 Å². The summed E-state index contributed by atoms with van der Waals surface area (Å²) in [7, 11) is 2.08.